The van der Waals surface area contributed by atoms with Gasteiger partial charge in [0, 0.05) is 37.9 Å². The number of rotatable bonds is 3. The summed E-state index contributed by atoms with van der Waals surface area (Å²) in [6.07, 6.45) is 0. The van der Waals surface area contributed by atoms with Crippen LogP contribution in [0.3, 0.4) is 0 Å². The van der Waals surface area contributed by atoms with Gasteiger partial charge in [-0.05, 0) is 60.2 Å². The maximum atomic E-state index is 8.30. The van der Waals surface area contributed by atoms with E-state index < -0.39 is 0 Å². The van der Waals surface area contributed by atoms with Crippen LogP contribution in [0.15, 0.2) is 156 Å². The van der Waals surface area contributed by atoms with Gasteiger partial charge in [-0.15, -0.1) is 0 Å². The predicted octanol–water partition coefficient (Wildman–Crippen LogP) is 12.0. The number of para-hydroxylation sites is 5. The molecule has 3 heterocycles. The zero-order valence-corrected chi connectivity index (χ0v) is 25.2. The molecule has 10 aromatic rings. The van der Waals surface area contributed by atoms with Crippen molar-refractivity contribution in [2.75, 3.05) is 0 Å². The molecule has 7 aromatic carbocycles. The Morgan fingerprint density at radius 3 is 1.79 bits per heavy atom. The molecule has 0 saturated carbocycles. The van der Waals surface area contributed by atoms with Gasteiger partial charge in [0.05, 0.1) is 40.0 Å². The van der Waals surface area contributed by atoms with Crippen LogP contribution in [0.25, 0.3) is 92.9 Å². The molecule has 0 unspecified atom stereocenters. The van der Waals surface area contributed by atoms with Crippen molar-refractivity contribution >= 4 is 71.2 Å². The second kappa shape index (κ2) is 9.71. The van der Waals surface area contributed by atoms with Crippen molar-refractivity contribution in [1.82, 2.24) is 9.13 Å². The number of aromatic nitrogens is 2. The number of furan rings is 1. The quantitative estimate of drug-likeness (QED) is 0.186. The molecule has 4 heteroatoms. The van der Waals surface area contributed by atoms with E-state index in [1.54, 1.807) is 0 Å². The Labute approximate surface area is 269 Å². The van der Waals surface area contributed by atoms with Gasteiger partial charge < -0.3 is 13.6 Å². The van der Waals surface area contributed by atoms with Gasteiger partial charge in [0.2, 0.25) is 5.69 Å². The minimum atomic E-state index is 0.609. The van der Waals surface area contributed by atoms with Crippen LogP contribution in [0.5, 0.6) is 0 Å². The first-order valence-electron chi connectivity index (χ1n) is 15.7. The second-order valence-electron chi connectivity index (χ2n) is 12.0. The molecular weight excluding hydrogens is 574 g/mol. The molecule has 3 aromatic heterocycles. The molecule has 0 fully saturated rings. The van der Waals surface area contributed by atoms with E-state index in [1.165, 1.54) is 21.5 Å². The summed E-state index contributed by atoms with van der Waals surface area (Å²) < 4.78 is 10.9. The fraction of sp³-hybridized carbons (Fsp3) is 0. The van der Waals surface area contributed by atoms with Crippen molar-refractivity contribution in [2.24, 2.45) is 0 Å². The van der Waals surface area contributed by atoms with E-state index in [1.807, 2.05) is 18.2 Å². The molecule has 0 amide bonds. The molecule has 218 valence electrons. The third-order valence-electron chi connectivity index (χ3n) is 9.55. The average molecular weight is 600 g/mol. The van der Waals surface area contributed by atoms with Crippen LogP contribution in [0.4, 0.5) is 5.69 Å². The van der Waals surface area contributed by atoms with Gasteiger partial charge in [-0.25, -0.2) is 4.85 Å². The Bertz CT molecular complexity index is 2880. The molecule has 0 spiro atoms. The maximum absolute atomic E-state index is 8.30. The van der Waals surface area contributed by atoms with E-state index in [2.05, 4.69) is 147 Å². The first-order valence-corrected chi connectivity index (χ1v) is 15.7. The van der Waals surface area contributed by atoms with Crippen molar-refractivity contribution in [3.8, 4) is 22.5 Å². The Hall–Kier alpha value is -6.57. The summed E-state index contributed by atoms with van der Waals surface area (Å²) in [5.74, 6) is 0. The summed E-state index contributed by atoms with van der Waals surface area (Å²) in [4.78, 5) is 4.09. The van der Waals surface area contributed by atoms with E-state index in [9.17, 15) is 0 Å². The lowest BCUT2D eigenvalue weighted by Gasteiger charge is -2.16. The summed E-state index contributed by atoms with van der Waals surface area (Å²) in [5, 5.41) is 6.97. The summed E-state index contributed by atoms with van der Waals surface area (Å²) in [6, 6.07) is 52.8. The monoisotopic (exact) mass is 599 g/mol. The van der Waals surface area contributed by atoms with E-state index in [0.29, 0.717) is 5.69 Å². The third kappa shape index (κ3) is 3.57. The molecule has 4 nitrogen and oxygen atoms in total. The maximum Gasteiger partial charge on any atom is 0.211 e. The summed E-state index contributed by atoms with van der Waals surface area (Å²) in [5.41, 5.74) is 10.8. The minimum Gasteiger partial charge on any atom is -0.456 e. The number of hydrogen-bond donors (Lipinski definition) is 0. The van der Waals surface area contributed by atoms with Crippen LogP contribution in [0.2, 0.25) is 0 Å². The molecule has 0 atom stereocenters. The fourth-order valence-corrected chi connectivity index (χ4v) is 7.60. The van der Waals surface area contributed by atoms with E-state index in [-0.39, 0.29) is 0 Å². The van der Waals surface area contributed by atoms with Gasteiger partial charge in [0.1, 0.15) is 11.2 Å². The Morgan fingerprint density at radius 2 is 1.04 bits per heavy atom. The number of fused-ring (bicyclic) bond motifs is 10. The summed E-state index contributed by atoms with van der Waals surface area (Å²) in [7, 11) is 0. The lowest BCUT2D eigenvalue weighted by atomic mass is 10.0. The van der Waals surface area contributed by atoms with E-state index in [0.717, 1.165) is 66.5 Å². The highest BCUT2D eigenvalue weighted by molar-refractivity contribution is 6.27. The van der Waals surface area contributed by atoms with E-state index >= 15 is 0 Å². The van der Waals surface area contributed by atoms with Crippen LogP contribution < -0.4 is 0 Å². The van der Waals surface area contributed by atoms with Crippen LogP contribution in [-0.4, -0.2) is 9.13 Å². The van der Waals surface area contributed by atoms with Crippen molar-refractivity contribution in [1.29, 1.82) is 0 Å². The van der Waals surface area contributed by atoms with Crippen LogP contribution >= 0.6 is 0 Å². The Balaban J connectivity index is 1.23. The first kappa shape index (κ1) is 25.7. The SMILES string of the molecule is [C-]#[N+]c1cc(-c2ccccc2-n2c3ccccc3c3c4c(ccc32)oc2ccccc24)ccc1-n1c2ccccc2c2ccccc21. The number of benzene rings is 7. The first-order chi connectivity index (χ1) is 23.3. The Morgan fingerprint density at radius 1 is 0.447 bits per heavy atom. The average Bonchev–Trinajstić information content (AvgIpc) is 3.79. The molecule has 0 aliphatic rings. The molecule has 0 saturated heterocycles. The molecule has 0 radical (unpaired) electrons. The largest absolute Gasteiger partial charge is 0.456 e. The van der Waals surface area contributed by atoms with Crippen LogP contribution in [0.1, 0.15) is 0 Å². The number of nitrogens with zero attached hydrogens (tertiary/aromatic N) is 3. The lowest BCUT2D eigenvalue weighted by Crippen LogP contribution is -1.98. The Kier molecular flexibility index (Phi) is 5.32. The molecule has 0 bridgehead atoms. The van der Waals surface area contributed by atoms with Crippen molar-refractivity contribution in [2.45, 2.75) is 0 Å². The predicted molar refractivity (Wildman–Crippen MR) is 194 cm³/mol. The number of hydrogen-bond acceptors (Lipinski definition) is 1. The zero-order chi connectivity index (χ0) is 31.1. The van der Waals surface area contributed by atoms with Gasteiger partial charge >= 0.3 is 0 Å². The molecular formula is C43H25N3O. The topological polar surface area (TPSA) is 27.4 Å². The highest BCUT2D eigenvalue weighted by Gasteiger charge is 2.21. The molecule has 10 rings (SSSR count). The molecule has 0 aliphatic carbocycles. The van der Waals surface area contributed by atoms with Crippen molar-refractivity contribution < 1.29 is 4.42 Å². The van der Waals surface area contributed by atoms with Crippen LogP contribution in [-0.2, 0) is 0 Å². The second-order valence-corrected chi connectivity index (χ2v) is 12.0. The third-order valence-corrected chi connectivity index (χ3v) is 9.55. The van der Waals surface area contributed by atoms with Gasteiger partial charge in [-0.2, -0.15) is 0 Å². The van der Waals surface area contributed by atoms with Gasteiger partial charge in [-0.3, -0.25) is 0 Å². The van der Waals surface area contributed by atoms with Crippen molar-refractivity contribution in [3.63, 3.8) is 0 Å². The van der Waals surface area contributed by atoms with Gasteiger partial charge in [-0.1, -0.05) is 97.1 Å². The van der Waals surface area contributed by atoms with E-state index in [4.69, 9.17) is 11.0 Å². The van der Waals surface area contributed by atoms with Crippen molar-refractivity contribution in [3.05, 3.63) is 163 Å². The highest BCUT2D eigenvalue weighted by Crippen LogP contribution is 2.43. The highest BCUT2D eigenvalue weighted by atomic mass is 16.3. The zero-order valence-electron chi connectivity index (χ0n) is 25.2. The minimum absolute atomic E-state index is 0.609. The fourth-order valence-electron chi connectivity index (χ4n) is 7.60. The normalized spacial score (nSPS) is 11.8. The summed E-state index contributed by atoms with van der Waals surface area (Å²) in [6.45, 7) is 8.30. The molecule has 47 heavy (non-hydrogen) atoms. The lowest BCUT2D eigenvalue weighted by molar-refractivity contribution is 0.669. The summed E-state index contributed by atoms with van der Waals surface area (Å²) >= 11 is 0. The van der Waals surface area contributed by atoms with Gasteiger partial charge in [0.25, 0.3) is 0 Å². The molecule has 0 N–H and O–H groups in total. The standard InChI is InChI=1S/C43H25N3O/c1-44-33-26-27(22-23-38(33)45-35-18-8-3-13-29(35)30-14-4-9-19-36(30)45)28-12-2-7-17-34(28)46-37-20-10-5-15-31(37)42-39(46)24-25-41-43(42)32-16-6-11-21-40(32)47-41/h2-26H. The smallest absolute Gasteiger partial charge is 0.211 e. The molecule has 0 aliphatic heterocycles. The van der Waals surface area contributed by atoms with Gasteiger partial charge in [0.15, 0.2) is 0 Å². The van der Waals surface area contributed by atoms with Crippen LogP contribution in [0, 0.1) is 6.57 Å².